The van der Waals surface area contributed by atoms with Crippen molar-refractivity contribution in [1.29, 1.82) is 0 Å². The van der Waals surface area contributed by atoms with Crippen LogP contribution in [-0.2, 0) is 14.8 Å². The Morgan fingerprint density at radius 1 is 1.33 bits per heavy atom. The minimum Gasteiger partial charge on any atom is -0.495 e. The first-order valence-electron chi connectivity index (χ1n) is 7.93. The van der Waals surface area contributed by atoms with Crippen molar-refractivity contribution >= 4 is 15.9 Å². The Morgan fingerprint density at radius 3 is 2.58 bits per heavy atom. The smallest absolute Gasteiger partial charge is 0.253 e. The van der Waals surface area contributed by atoms with Crippen LogP contribution in [0.25, 0.3) is 0 Å². The molecule has 2 rings (SSSR count). The first kappa shape index (κ1) is 18.7. The molecule has 0 atom stereocenters. The number of carbonyl (C=O) groups excluding carboxylic acids is 1. The Labute approximate surface area is 143 Å². The Morgan fingerprint density at radius 2 is 2.00 bits per heavy atom. The summed E-state index contributed by atoms with van der Waals surface area (Å²) in [6.07, 6.45) is 0.831. The standard InChI is InChI=1S/C16H24N2O5S/c1-4-7-17(2)16(19)13-5-6-14(22-3)15(12-13)24(20,21)18-8-10-23-11-9-18/h5-6,12H,4,7-11H2,1-3H3. The third kappa shape index (κ3) is 3.88. The van der Waals surface area contributed by atoms with Crippen LogP contribution in [0.1, 0.15) is 23.7 Å². The molecule has 0 aromatic heterocycles. The molecule has 134 valence electrons. The maximum atomic E-state index is 12.9. The van der Waals surface area contributed by atoms with E-state index in [9.17, 15) is 13.2 Å². The van der Waals surface area contributed by atoms with Crippen molar-refractivity contribution < 1.29 is 22.7 Å². The Hall–Kier alpha value is -1.64. The predicted molar refractivity (Wildman–Crippen MR) is 89.8 cm³/mol. The zero-order chi connectivity index (χ0) is 17.7. The molecule has 1 saturated heterocycles. The van der Waals surface area contributed by atoms with Gasteiger partial charge in [-0.2, -0.15) is 4.31 Å². The normalized spacial score (nSPS) is 16.0. The second-order valence-corrected chi connectivity index (χ2v) is 7.52. The van der Waals surface area contributed by atoms with E-state index in [2.05, 4.69) is 0 Å². The van der Waals surface area contributed by atoms with Gasteiger partial charge < -0.3 is 14.4 Å². The highest BCUT2D eigenvalue weighted by molar-refractivity contribution is 7.89. The molecule has 0 N–H and O–H groups in total. The first-order valence-corrected chi connectivity index (χ1v) is 9.37. The molecule has 0 saturated carbocycles. The van der Waals surface area contributed by atoms with Crippen LogP contribution >= 0.6 is 0 Å². The maximum absolute atomic E-state index is 12.9. The summed E-state index contributed by atoms with van der Waals surface area (Å²) in [6, 6.07) is 4.52. The lowest BCUT2D eigenvalue weighted by molar-refractivity contribution is 0.0729. The van der Waals surface area contributed by atoms with Crippen LogP contribution in [0, 0.1) is 0 Å². The van der Waals surface area contributed by atoms with E-state index >= 15 is 0 Å². The molecule has 1 fully saturated rings. The van der Waals surface area contributed by atoms with E-state index < -0.39 is 10.0 Å². The SMILES string of the molecule is CCCN(C)C(=O)c1ccc(OC)c(S(=O)(=O)N2CCOCC2)c1. The number of hydrogen-bond donors (Lipinski definition) is 0. The van der Waals surface area contributed by atoms with Crippen molar-refractivity contribution in [2.75, 3.05) is 47.0 Å². The van der Waals surface area contributed by atoms with E-state index in [1.165, 1.54) is 23.5 Å². The summed E-state index contributed by atoms with van der Waals surface area (Å²) in [5.74, 6) is 0.0223. The highest BCUT2D eigenvalue weighted by Gasteiger charge is 2.30. The van der Waals surface area contributed by atoms with Gasteiger partial charge in [-0.1, -0.05) is 6.92 Å². The Balaban J connectivity index is 2.40. The lowest BCUT2D eigenvalue weighted by atomic mass is 10.2. The van der Waals surface area contributed by atoms with Crippen molar-refractivity contribution in [3.63, 3.8) is 0 Å². The van der Waals surface area contributed by atoms with E-state index in [1.807, 2.05) is 6.92 Å². The minimum absolute atomic E-state index is 0.0163. The molecule has 0 aliphatic carbocycles. The molecule has 8 heteroatoms. The molecule has 1 aromatic rings. The van der Waals surface area contributed by atoms with Crippen LogP contribution in [0.2, 0.25) is 0 Å². The largest absolute Gasteiger partial charge is 0.495 e. The summed E-state index contributed by atoms with van der Waals surface area (Å²) in [6.45, 7) is 3.89. The number of morpholine rings is 1. The Kier molecular flexibility index (Phi) is 6.20. The van der Waals surface area contributed by atoms with Gasteiger partial charge in [0.15, 0.2) is 0 Å². The van der Waals surface area contributed by atoms with Gasteiger partial charge >= 0.3 is 0 Å². The van der Waals surface area contributed by atoms with Crippen molar-refractivity contribution in [2.45, 2.75) is 18.2 Å². The minimum atomic E-state index is -3.74. The number of benzene rings is 1. The fourth-order valence-corrected chi connectivity index (χ4v) is 4.18. The van der Waals surface area contributed by atoms with Gasteiger partial charge in [-0.3, -0.25) is 4.79 Å². The second kappa shape index (κ2) is 7.96. The number of hydrogen-bond acceptors (Lipinski definition) is 5. The molecular formula is C16H24N2O5S. The van der Waals surface area contributed by atoms with Crippen molar-refractivity contribution in [3.05, 3.63) is 23.8 Å². The summed E-state index contributed by atoms with van der Waals surface area (Å²) < 4.78 is 37.6. The second-order valence-electron chi connectivity index (χ2n) is 5.61. The van der Waals surface area contributed by atoms with E-state index in [-0.39, 0.29) is 16.6 Å². The van der Waals surface area contributed by atoms with E-state index in [1.54, 1.807) is 18.0 Å². The fraction of sp³-hybridized carbons (Fsp3) is 0.562. The monoisotopic (exact) mass is 356 g/mol. The zero-order valence-corrected chi connectivity index (χ0v) is 15.1. The van der Waals surface area contributed by atoms with E-state index in [0.29, 0.717) is 38.4 Å². The third-order valence-corrected chi connectivity index (χ3v) is 5.82. The predicted octanol–water partition coefficient (Wildman–Crippen LogP) is 1.20. The maximum Gasteiger partial charge on any atom is 0.253 e. The quantitative estimate of drug-likeness (QED) is 0.765. The van der Waals surface area contributed by atoms with Crippen LogP contribution in [-0.4, -0.2) is 70.5 Å². The molecule has 0 unspecified atom stereocenters. The highest BCUT2D eigenvalue weighted by atomic mass is 32.2. The van der Waals surface area contributed by atoms with E-state index in [4.69, 9.17) is 9.47 Å². The Bertz CT molecular complexity index is 684. The lowest BCUT2D eigenvalue weighted by Crippen LogP contribution is -2.40. The van der Waals surface area contributed by atoms with Gasteiger partial charge in [0.05, 0.1) is 20.3 Å². The van der Waals surface area contributed by atoms with E-state index in [0.717, 1.165) is 6.42 Å². The van der Waals surface area contributed by atoms with Crippen LogP contribution in [0.15, 0.2) is 23.1 Å². The molecule has 1 aliphatic heterocycles. The van der Waals surface area contributed by atoms with Gasteiger partial charge in [-0.15, -0.1) is 0 Å². The summed E-state index contributed by atoms with van der Waals surface area (Å²) in [5, 5.41) is 0. The fourth-order valence-electron chi connectivity index (χ4n) is 2.59. The van der Waals surface area contributed by atoms with Gasteiger partial charge in [0.25, 0.3) is 5.91 Å². The molecule has 1 heterocycles. The molecule has 1 aromatic carbocycles. The number of rotatable bonds is 6. The topological polar surface area (TPSA) is 76.2 Å². The highest BCUT2D eigenvalue weighted by Crippen LogP contribution is 2.28. The molecule has 1 aliphatic rings. The summed E-state index contributed by atoms with van der Waals surface area (Å²) in [7, 11) is -0.626. The van der Waals surface area contributed by atoms with Gasteiger partial charge in [-0.25, -0.2) is 8.42 Å². The molecule has 7 nitrogen and oxygen atoms in total. The summed E-state index contributed by atoms with van der Waals surface area (Å²) >= 11 is 0. The molecule has 24 heavy (non-hydrogen) atoms. The number of nitrogens with zero attached hydrogens (tertiary/aromatic N) is 2. The molecule has 0 radical (unpaired) electrons. The average Bonchev–Trinajstić information content (AvgIpc) is 2.61. The molecule has 0 bridgehead atoms. The lowest BCUT2D eigenvalue weighted by Gasteiger charge is -2.27. The third-order valence-electron chi connectivity index (χ3n) is 3.90. The van der Waals surface area contributed by atoms with Gasteiger partial charge in [0, 0.05) is 32.2 Å². The number of carbonyl (C=O) groups is 1. The van der Waals surface area contributed by atoms with Crippen molar-refractivity contribution in [3.8, 4) is 5.75 Å². The first-order chi connectivity index (χ1) is 11.4. The summed E-state index contributed by atoms with van der Waals surface area (Å²) in [5.41, 5.74) is 0.332. The number of amides is 1. The molecule has 1 amide bonds. The van der Waals surface area contributed by atoms with Gasteiger partial charge in [-0.05, 0) is 24.6 Å². The molecular weight excluding hydrogens is 332 g/mol. The number of methoxy groups -OCH3 is 1. The molecule has 0 spiro atoms. The average molecular weight is 356 g/mol. The van der Waals surface area contributed by atoms with Crippen molar-refractivity contribution in [1.82, 2.24) is 9.21 Å². The number of ether oxygens (including phenoxy) is 2. The van der Waals surface area contributed by atoms with Gasteiger partial charge in [0.2, 0.25) is 10.0 Å². The van der Waals surface area contributed by atoms with Crippen molar-refractivity contribution in [2.24, 2.45) is 0 Å². The van der Waals surface area contributed by atoms with Crippen LogP contribution in [0.4, 0.5) is 0 Å². The van der Waals surface area contributed by atoms with Crippen LogP contribution in [0.3, 0.4) is 0 Å². The summed E-state index contributed by atoms with van der Waals surface area (Å²) in [4.78, 5) is 14.0. The van der Waals surface area contributed by atoms with Crippen LogP contribution < -0.4 is 4.74 Å². The van der Waals surface area contributed by atoms with Crippen LogP contribution in [0.5, 0.6) is 5.75 Å². The zero-order valence-electron chi connectivity index (χ0n) is 14.3. The number of sulfonamides is 1. The van der Waals surface area contributed by atoms with Gasteiger partial charge in [0.1, 0.15) is 10.6 Å².